The molecule has 5 rings (SSSR count). The average molecular weight is 648 g/mol. The quantitative estimate of drug-likeness (QED) is 0.222. The van der Waals surface area contributed by atoms with Crippen molar-refractivity contribution in [2.45, 2.75) is 12.8 Å². The molecule has 11 nitrogen and oxygen atoms in total. The van der Waals surface area contributed by atoms with Crippen LogP contribution in [-0.2, 0) is 16.6 Å². The SMILES string of the molecule is CN([SH]=O)c1ccccc1Nc1nc(Nc2ccc(N3CCC(CN4CCN(CC(=O)O)CC4)CC3)cc2Cl)ncc1Cl. The smallest absolute Gasteiger partial charge is 0.317 e. The van der Waals surface area contributed by atoms with Crippen LogP contribution in [0.3, 0.4) is 0 Å². The monoisotopic (exact) mass is 646 g/mol. The van der Waals surface area contributed by atoms with Crippen molar-refractivity contribution in [3.8, 4) is 0 Å². The van der Waals surface area contributed by atoms with Gasteiger partial charge in [-0.3, -0.25) is 14.0 Å². The number of anilines is 6. The average Bonchev–Trinajstić information content (AvgIpc) is 3.01. The first-order valence-electron chi connectivity index (χ1n) is 14.2. The molecule has 1 aromatic heterocycles. The Morgan fingerprint density at radius 1 is 1.00 bits per heavy atom. The van der Waals surface area contributed by atoms with Crippen LogP contribution in [0, 0.1) is 5.92 Å². The largest absolute Gasteiger partial charge is 0.480 e. The van der Waals surface area contributed by atoms with Crippen molar-refractivity contribution in [1.29, 1.82) is 0 Å². The number of hydrogen-bond donors (Lipinski definition) is 4. The van der Waals surface area contributed by atoms with Gasteiger partial charge in [-0.1, -0.05) is 35.3 Å². The highest BCUT2D eigenvalue weighted by atomic mass is 35.5. The topological polar surface area (TPSA) is 117 Å². The van der Waals surface area contributed by atoms with Crippen LogP contribution in [-0.4, -0.2) is 94.5 Å². The molecule has 0 amide bonds. The highest BCUT2D eigenvalue weighted by Crippen LogP contribution is 2.34. The van der Waals surface area contributed by atoms with Crippen molar-refractivity contribution in [1.82, 2.24) is 19.8 Å². The standard InChI is InChI=1S/C29H36Cl2N8O3S/c1-36(43-42)26-5-3-2-4-25(26)33-28-23(31)17-32-29(35-28)34-24-7-6-21(16-22(24)30)39-10-8-20(9-11-39)18-37-12-14-38(15-13-37)19-27(40)41/h2-7,16-17,20,43H,8-15,18-19H2,1H3,(H,40,41)(H2,32,33,34,35). The lowest BCUT2D eigenvalue weighted by atomic mass is 9.95. The normalized spacial score (nSPS) is 16.7. The van der Waals surface area contributed by atoms with E-state index in [1.807, 2.05) is 41.3 Å². The van der Waals surface area contributed by atoms with E-state index in [2.05, 4.69) is 36.5 Å². The molecule has 3 heterocycles. The molecule has 14 heteroatoms. The third kappa shape index (κ3) is 8.27. The summed E-state index contributed by atoms with van der Waals surface area (Å²) in [5.74, 6) is 0.615. The van der Waals surface area contributed by atoms with Gasteiger partial charge in [0.25, 0.3) is 0 Å². The molecule has 0 aliphatic carbocycles. The second-order valence-electron chi connectivity index (χ2n) is 10.8. The molecule has 0 saturated carbocycles. The summed E-state index contributed by atoms with van der Waals surface area (Å²) < 4.78 is 13.0. The van der Waals surface area contributed by atoms with E-state index in [4.69, 9.17) is 28.3 Å². The molecule has 2 aromatic carbocycles. The van der Waals surface area contributed by atoms with E-state index >= 15 is 0 Å². The fourth-order valence-corrected chi connectivity index (χ4v) is 6.15. The Hall–Kier alpha value is -3.16. The van der Waals surface area contributed by atoms with Crippen LogP contribution >= 0.6 is 23.2 Å². The zero-order valence-electron chi connectivity index (χ0n) is 23.9. The van der Waals surface area contributed by atoms with Gasteiger partial charge in [-0.2, -0.15) is 4.98 Å². The molecule has 2 aliphatic rings. The highest BCUT2D eigenvalue weighted by molar-refractivity contribution is 7.67. The number of para-hydroxylation sites is 2. The molecule has 230 valence electrons. The number of benzene rings is 2. The summed E-state index contributed by atoms with van der Waals surface area (Å²) in [7, 11) is 1.72. The number of aromatic nitrogens is 2. The lowest BCUT2D eigenvalue weighted by molar-refractivity contribution is -0.138. The number of carboxylic acids is 1. The molecular formula is C29H36Cl2N8O3S. The predicted octanol–water partition coefficient (Wildman–Crippen LogP) is 4.49. The van der Waals surface area contributed by atoms with E-state index in [-0.39, 0.29) is 18.4 Å². The second-order valence-corrected chi connectivity index (χ2v) is 12.4. The third-order valence-electron chi connectivity index (χ3n) is 7.89. The van der Waals surface area contributed by atoms with Gasteiger partial charge >= 0.3 is 5.97 Å². The first-order valence-corrected chi connectivity index (χ1v) is 15.7. The maximum atomic E-state index is 11.4. The number of rotatable bonds is 11. The number of halogens is 2. The third-order valence-corrected chi connectivity index (χ3v) is 8.94. The van der Waals surface area contributed by atoms with Crippen molar-refractivity contribution in [3.63, 3.8) is 0 Å². The Morgan fingerprint density at radius 3 is 2.42 bits per heavy atom. The Labute approximate surface area is 265 Å². The Morgan fingerprint density at radius 2 is 1.72 bits per heavy atom. The number of nitrogens with zero attached hydrogens (tertiary/aromatic N) is 6. The molecule has 0 bridgehead atoms. The first kappa shape index (κ1) is 31.3. The van der Waals surface area contributed by atoms with Gasteiger partial charge in [-0.05, 0) is 49.1 Å². The summed E-state index contributed by atoms with van der Waals surface area (Å²) in [6.07, 6.45) is 3.73. The molecule has 0 unspecified atom stereocenters. The minimum atomic E-state index is -0.756. The second kappa shape index (κ2) is 14.5. The fourth-order valence-electron chi connectivity index (χ4n) is 5.53. The van der Waals surface area contributed by atoms with Gasteiger partial charge in [-0.15, -0.1) is 0 Å². The number of aliphatic carboxylic acids is 1. The molecule has 0 radical (unpaired) electrons. The molecule has 43 heavy (non-hydrogen) atoms. The Balaban J connectivity index is 1.16. The van der Waals surface area contributed by atoms with Crippen molar-refractivity contribution >= 4 is 75.5 Å². The molecular weight excluding hydrogens is 611 g/mol. The van der Waals surface area contributed by atoms with Crippen LogP contribution in [0.4, 0.5) is 34.5 Å². The van der Waals surface area contributed by atoms with Crippen molar-refractivity contribution in [2.75, 3.05) is 79.2 Å². The Bertz CT molecular complexity index is 1430. The number of piperidine rings is 1. The van der Waals surface area contributed by atoms with E-state index < -0.39 is 5.97 Å². The minimum absolute atomic E-state index is 0.130. The zero-order valence-corrected chi connectivity index (χ0v) is 26.3. The van der Waals surface area contributed by atoms with Crippen LogP contribution in [0.2, 0.25) is 10.0 Å². The number of hydrogen-bond acceptors (Lipinski definition) is 9. The van der Waals surface area contributed by atoms with Gasteiger partial charge in [0.2, 0.25) is 5.95 Å². The molecule has 2 saturated heterocycles. The summed E-state index contributed by atoms with van der Waals surface area (Å²) in [6.45, 7) is 6.61. The van der Waals surface area contributed by atoms with Crippen LogP contribution in [0.1, 0.15) is 12.8 Å². The van der Waals surface area contributed by atoms with Gasteiger partial charge in [0.15, 0.2) is 5.82 Å². The van der Waals surface area contributed by atoms with Crippen LogP contribution in [0.15, 0.2) is 48.7 Å². The summed E-state index contributed by atoms with van der Waals surface area (Å²) in [5.41, 5.74) is 3.18. The van der Waals surface area contributed by atoms with Gasteiger partial charge in [-0.25, -0.2) is 9.19 Å². The van der Waals surface area contributed by atoms with Crippen molar-refractivity contribution < 1.29 is 14.1 Å². The van der Waals surface area contributed by atoms with E-state index in [9.17, 15) is 9.00 Å². The molecule has 3 N–H and O–H groups in total. The van der Waals surface area contributed by atoms with Gasteiger partial charge in [0.1, 0.15) is 16.9 Å². The number of thiol groups is 1. The molecule has 3 aromatic rings. The summed E-state index contributed by atoms with van der Waals surface area (Å²) in [5, 5.41) is 16.3. The maximum absolute atomic E-state index is 11.4. The van der Waals surface area contributed by atoms with Crippen LogP contribution < -0.4 is 19.8 Å². The van der Waals surface area contributed by atoms with Crippen LogP contribution in [0.25, 0.3) is 0 Å². The number of nitrogens with one attached hydrogen (secondary N) is 2. The number of piperazine rings is 1. The highest BCUT2D eigenvalue weighted by Gasteiger charge is 2.25. The lowest BCUT2D eigenvalue weighted by Gasteiger charge is -2.39. The number of carbonyl (C=O) groups is 1. The van der Waals surface area contributed by atoms with Crippen molar-refractivity contribution in [3.05, 3.63) is 58.7 Å². The summed E-state index contributed by atoms with van der Waals surface area (Å²) >= 11 is 13.0. The lowest BCUT2D eigenvalue weighted by Crippen LogP contribution is -2.49. The van der Waals surface area contributed by atoms with Gasteiger partial charge in [0, 0.05) is 58.5 Å². The van der Waals surface area contributed by atoms with E-state index in [0.29, 0.717) is 39.1 Å². The summed E-state index contributed by atoms with van der Waals surface area (Å²) in [4.78, 5) is 26.7. The number of carboxylic acid groups (broad SMARTS) is 1. The minimum Gasteiger partial charge on any atom is -0.480 e. The summed E-state index contributed by atoms with van der Waals surface area (Å²) in [6, 6.07) is 13.4. The van der Waals surface area contributed by atoms with E-state index in [0.717, 1.165) is 70.0 Å². The van der Waals surface area contributed by atoms with Gasteiger partial charge < -0.3 is 25.5 Å². The predicted molar refractivity (Wildman–Crippen MR) is 175 cm³/mol. The molecule has 2 fully saturated rings. The van der Waals surface area contributed by atoms with Gasteiger partial charge in [0.05, 0.1) is 34.8 Å². The van der Waals surface area contributed by atoms with Crippen molar-refractivity contribution in [2.24, 2.45) is 5.92 Å². The first-order chi connectivity index (χ1) is 20.8. The Kier molecular flexibility index (Phi) is 10.6. The van der Waals surface area contributed by atoms with E-state index in [1.54, 1.807) is 11.4 Å². The van der Waals surface area contributed by atoms with Crippen LogP contribution in [0.5, 0.6) is 0 Å². The zero-order chi connectivity index (χ0) is 30.3. The fraction of sp³-hybridized carbons (Fsp3) is 0.414. The van der Waals surface area contributed by atoms with E-state index in [1.165, 1.54) is 6.20 Å². The molecule has 2 aliphatic heterocycles. The maximum Gasteiger partial charge on any atom is 0.317 e. The molecule has 0 atom stereocenters. The molecule has 0 spiro atoms.